The van der Waals surface area contributed by atoms with Gasteiger partial charge in [-0.3, -0.25) is 9.79 Å². The van der Waals surface area contributed by atoms with Gasteiger partial charge >= 0.3 is 0 Å². The number of carbonyl (C=O) groups is 1. The average molecular weight is 334 g/mol. The SMILES string of the molecule is CCNC(=NCC(C)(C)C(=O)NC)NCCOCc1ccccc1. The summed E-state index contributed by atoms with van der Waals surface area (Å²) in [6.45, 7) is 8.76. The molecule has 1 amide bonds. The fraction of sp³-hybridized carbons (Fsp3) is 0.556. The third-order valence-corrected chi connectivity index (χ3v) is 3.47. The molecule has 0 aliphatic heterocycles. The lowest BCUT2D eigenvalue weighted by atomic mass is 9.93. The van der Waals surface area contributed by atoms with Gasteiger partial charge in [0.2, 0.25) is 5.91 Å². The van der Waals surface area contributed by atoms with Crippen LogP contribution >= 0.6 is 0 Å². The van der Waals surface area contributed by atoms with Crippen molar-refractivity contribution in [3.8, 4) is 0 Å². The van der Waals surface area contributed by atoms with E-state index in [2.05, 4.69) is 20.9 Å². The van der Waals surface area contributed by atoms with Crippen molar-refractivity contribution in [2.24, 2.45) is 10.4 Å². The number of ether oxygens (including phenoxy) is 1. The average Bonchev–Trinajstić information content (AvgIpc) is 2.59. The summed E-state index contributed by atoms with van der Waals surface area (Å²) < 4.78 is 5.64. The lowest BCUT2D eigenvalue weighted by Gasteiger charge is -2.21. The molecule has 1 rings (SSSR count). The van der Waals surface area contributed by atoms with E-state index in [0.29, 0.717) is 32.3 Å². The molecule has 1 aromatic carbocycles. The number of hydrogen-bond acceptors (Lipinski definition) is 3. The summed E-state index contributed by atoms with van der Waals surface area (Å²) in [6.07, 6.45) is 0. The largest absolute Gasteiger partial charge is 0.375 e. The first-order chi connectivity index (χ1) is 11.5. The van der Waals surface area contributed by atoms with Crippen LogP contribution in [0.2, 0.25) is 0 Å². The highest BCUT2D eigenvalue weighted by Crippen LogP contribution is 2.15. The number of benzene rings is 1. The van der Waals surface area contributed by atoms with Crippen LogP contribution in [0.15, 0.2) is 35.3 Å². The number of nitrogens with one attached hydrogen (secondary N) is 3. The van der Waals surface area contributed by atoms with Crippen molar-refractivity contribution in [3.63, 3.8) is 0 Å². The Kier molecular flexibility index (Phi) is 8.86. The van der Waals surface area contributed by atoms with Crippen LogP contribution in [-0.2, 0) is 16.1 Å². The van der Waals surface area contributed by atoms with Crippen molar-refractivity contribution in [2.45, 2.75) is 27.4 Å². The Morgan fingerprint density at radius 1 is 1.21 bits per heavy atom. The maximum absolute atomic E-state index is 11.8. The lowest BCUT2D eigenvalue weighted by molar-refractivity contribution is -0.128. The Balaban J connectivity index is 2.37. The van der Waals surface area contributed by atoms with Gasteiger partial charge in [-0.05, 0) is 26.3 Å². The zero-order valence-corrected chi connectivity index (χ0v) is 15.2. The summed E-state index contributed by atoms with van der Waals surface area (Å²) in [6, 6.07) is 10.1. The predicted molar refractivity (Wildman–Crippen MR) is 97.9 cm³/mol. The molecule has 134 valence electrons. The molecular formula is C18H30N4O2. The molecule has 0 aliphatic carbocycles. The minimum absolute atomic E-state index is 0.0201. The first-order valence-corrected chi connectivity index (χ1v) is 8.35. The predicted octanol–water partition coefficient (Wildman–Crippen LogP) is 1.53. The fourth-order valence-corrected chi connectivity index (χ4v) is 2.03. The summed E-state index contributed by atoms with van der Waals surface area (Å²) in [5.41, 5.74) is 0.617. The monoisotopic (exact) mass is 334 g/mol. The molecule has 0 unspecified atom stereocenters. The second kappa shape index (κ2) is 10.6. The minimum atomic E-state index is -0.541. The van der Waals surface area contributed by atoms with Crippen molar-refractivity contribution in [2.75, 3.05) is 33.3 Å². The molecule has 24 heavy (non-hydrogen) atoms. The van der Waals surface area contributed by atoms with Crippen molar-refractivity contribution >= 4 is 11.9 Å². The molecule has 1 aromatic rings. The van der Waals surface area contributed by atoms with E-state index < -0.39 is 5.41 Å². The van der Waals surface area contributed by atoms with Crippen LogP contribution in [-0.4, -0.2) is 45.2 Å². The molecule has 0 saturated heterocycles. The molecule has 0 atom stereocenters. The number of hydrogen-bond donors (Lipinski definition) is 3. The number of amides is 1. The van der Waals surface area contributed by atoms with Crippen molar-refractivity contribution in [1.29, 1.82) is 0 Å². The van der Waals surface area contributed by atoms with E-state index in [-0.39, 0.29) is 5.91 Å². The van der Waals surface area contributed by atoms with Gasteiger partial charge in [-0.2, -0.15) is 0 Å². The molecule has 0 aromatic heterocycles. The Morgan fingerprint density at radius 2 is 1.92 bits per heavy atom. The third-order valence-electron chi connectivity index (χ3n) is 3.47. The molecule has 0 heterocycles. The minimum Gasteiger partial charge on any atom is -0.375 e. The number of nitrogens with zero attached hydrogens (tertiary/aromatic N) is 1. The van der Waals surface area contributed by atoms with Crippen molar-refractivity contribution < 1.29 is 9.53 Å². The Hall–Kier alpha value is -2.08. The van der Waals surface area contributed by atoms with Crippen LogP contribution in [0.4, 0.5) is 0 Å². The van der Waals surface area contributed by atoms with Crippen LogP contribution in [0.25, 0.3) is 0 Å². The molecular weight excluding hydrogens is 304 g/mol. The number of carbonyl (C=O) groups excluding carboxylic acids is 1. The topological polar surface area (TPSA) is 74.8 Å². The molecule has 0 fully saturated rings. The highest BCUT2D eigenvalue weighted by molar-refractivity contribution is 5.83. The zero-order valence-electron chi connectivity index (χ0n) is 15.2. The van der Waals surface area contributed by atoms with Gasteiger partial charge < -0.3 is 20.7 Å². The van der Waals surface area contributed by atoms with E-state index in [0.717, 1.165) is 12.1 Å². The number of guanidine groups is 1. The molecule has 3 N–H and O–H groups in total. The van der Waals surface area contributed by atoms with Gasteiger partial charge in [0, 0.05) is 20.1 Å². The standard InChI is InChI=1S/C18H30N4O2/c1-5-20-17(22-14-18(2,3)16(23)19-4)21-11-12-24-13-15-9-7-6-8-10-15/h6-10H,5,11-14H2,1-4H3,(H,19,23)(H2,20,21,22). The van der Waals surface area contributed by atoms with E-state index >= 15 is 0 Å². The van der Waals surface area contributed by atoms with Crippen LogP contribution in [0.1, 0.15) is 26.3 Å². The smallest absolute Gasteiger partial charge is 0.227 e. The second-order valence-corrected chi connectivity index (χ2v) is 6.12. The maximum atomic E-state index is 11.8. The Morgan fingerprint density at radius 3 is 2.54 bits per heavy atom. The van der Waals surface area contributed by atoms with Gasteiger partial charge in [0.25, 0.3) is 0 Å². The Labute approximate surface area is 145 Å². The van der Waals surface area contributed by atoms with Gasteiger partial charge in [-0.1, -0.05) is 30.3 Å². The Bertz CT molecular complexity index is 515. The molecule has 0 saturated carbocycles. The van der Waals surface area contributed by atoms with E-state index in [9.17, 15) is 4.79 Å². The van der Waals surface area contributed by atoms with Crippen LogP contribution in [0, 0.1) is 5.41 Å². The number of rotatable bonds is 9. The maximum Gasteiger partial charge on any atom is 0.227 e. The summed E-state index contributed by atoms with van der Waals surface area (Å²) in [4.78, 5) is 16.3. The molecule has 6 nitrogen and oxygen atoms in total. The van der Waals surface area contributed by atoms with Gasteiger partial charge in [0.15, 0.2) is 5.96 Å². The molecule has 0 aliphatic rings. The molecule has 0 bridgehead atoms. The summed E-state index contributed by atoms with van der Waals surface area (Å²) in [7, 11) is 1.64. The number of aliphatic imine (C=N–C) groups is 1. The molecule has 0 spiro atoms. The van der Waals surface area contributed by atoms with Crippen molar-refractivity contribution in [3.05, 3.63) is 35.9 Å². The highest BCUT2D eigenvalue weighted by atomic mass is 16.5. The van der Waals surface area contributed by atoms with Crippen molar-refractivity contribution in [1.82, 2.24) is 16.0 Å². The molecule has 0 radical (unpaired) electrons. The first kappa shape index (κ1) is 20.0. The summed E-state index contributed by atoms with van der Waals surface area (Å²) in [5.74, 6) is 0.672. The van der Waals surface area contributed by atoms with Gasteiger partial charge in [-0.15, -0.1) is 0 Å². The van der Waals surface area contributed by atoms with Crippen LogP contribution in [0.5, 0.6) is 0 Å². The third kappa shape index (κ3) is 7.46. The van der Waals surface area contributed by atoms with Gasteiger partial charge in [-0.25, -0.2) is 0 Å². The summed E-state index contributed by atoms with van der Waals surface area (Å²) >= 11 is 0. The molecule has 6 heteroatoms. The van der Waals surface area contributed by atoms with Gasteiger partial charge in [0.05, 0.1) is 25.2 Å². The van der Waals surface area contributed by atoms with Crippen LogP contribution in [0.3, 0.4) is 0 Å². The van der Waals surface area contributed by atoms with Gasteiger partial charge in [0.1, 0.15) is 0 Å². The quantitative estimate of drug-likeness (QED) is 0.364. The van der Waals surface area contributed by atoms with E-state index in [1.165, 1.54) is 0 Å². The van der Waals surface area contributed by atoms with E-state index in [1.54, 1.807) is 7.05 Å². The fourth-order valence-electron chi connectivity index (χ4n) is 2.03. The second-order valence-electron chi connectivity index (χ2n) is 6.12. The van der Waals surface area contributed by atoms with E-state index in [1.807, 2.05) is 51.1 Å². The normalized spacial score (nSPS) is 11.9. The lowest BCUT2D eigenvalue weighted by Crippen LogP contribution is -2.41. The zero-order chi connectivity index (χ0) is 17.8. The summed E-state index contributed by atoms with van der Waals surface area (Å²) in [5, 5.41) is 9.06. The highest BCUT2D eigenvalue weighted by Gasteiger charge is 2.26. The first-order valence-electron chi connectivity index (χ1n) is 8.35. The van der Waals surface area contributed by atoms with E-state index in [4.69, 9.17) is 4.74 Å². The van der Waals surface area contributed by atoms with Crippen LogP contribution < -0.4 is 16.0 Å².